The third kappa shape index (κ3) is 17.7. The Morgan fingerprint density at radius 1 is 1.43 bits per heavy atom. The van der Waals surface area contributed by atoms with Gasteiger partial charge in [-0.05, 0) is 0 Å². The maximum atomic E-state index is 5.01. The molecule has 0 spiro atoms. The second-order valence-corrected chi connectivity index (χ2v) is 1.02. The van der Waals surface area contributed by atoms with E-state index in [4.69, 9.17) is 6.58 Å². The molecule has 0 saturated heterocycles. The van der Waals surface area contributed by atoms with Crippen LogP contribution in [0.25, 0.3) is 0 Å². The third-order valence-electron chi connectivity index (χ3n) is 0.455. The Bertz CT molecular complexity index is 27.3. The Kier molecular flexibility index (Phi) is 36.7. The van der Waals surface area contributed by atoms with Gasteiger partial charge in [-0.3, -0.25) is 6.08 Å². The normalized spacial score (nSPS) is 5.29. The van der Waals surface area contributed by atoms with Gasteiger partial charge in [0.2, 0.25) is 0 Å². The molecule has 0 fully saturated rings. The molecular formula is C5H9Ce2-. The standard InChI is InChI=1S/C5H9.2Ce/c1-3-5-4-2;;/h1,3H,4-5H2,2H3;;/q-1;;. The molecule has 0 aromatic rings. The summed E-state index contributed by atoms with van der Waals surface area (Å²) in [7, 11) is 0. The number of hydrogen-bond acceptors (Lipinski definition) is 0. The van der Waals surface area contributed by atoms with Crippen LogP contribution in [0.3, 0.4) is 0 Å². The SMILES string of the molecule is [CH-]=CCCC.[Ce].[Ce]. The molecule has 0 unspecified atom stereocenters. The zero-order chi connectivity index (χ0) is 4.12. The van der Waals surface area contributed by atoms with E-state index < -0.39 is 0 Å². The fourth-order valence-corrected chi connectivity index (χ4v) is 0.167. The Hall–Kier alpha value is 2.49. The molecule has 0 aliphatic carbocycles. The van der Waals surface area contributed by atoms with Crippen LogP contribution in [0.4, 0.5) is 0 Å². The molecule has 38 valence electrons. The molecule has 0 rings (SSSR count). The minimum atomic E-state index is 0. The number of rotatable bonds is 2. The van der Waals surface area contributed by atoms with Crippen LogP contribution in [0.1, 0.15) is 19.8 Å². The van der Waals surface area contributed by atoms with Gasteiger partial charge in [0.25, 0.3) is 0 Å². The molecule has 0 heterocycles. The smallest absolute Gasteiger partial charge is 0 e. The summed E-state index contributed by atoms with van der Waals surface area (Å²) in [5.74, 6) is 0. The fourth-order valence-electron chi connectivity index (χ4n) is 0.167. The van der Waals surface area contributed by atoms with Crippen molar-refractivity contribution < 1.29 is 83.5 Å². The molecule has 0 saturated carbocycles. The summed E-state index contributed by atoms with van der Waals surface area (Å²) in [4.78, 5) is 0. The molecule has 0 radical (unpaired) electrons. The second-order valence-electron chi connectivity index (χ2n) is 1.02. The largest absolute Gasteiger partial charge is 0.518 e. The average molecular weight is 349 g/mol. The van der Waals surface area contributed by atoms with Gasteiger partial charge in [0.05, 0.1) is 0 Å². The topological polar surface area (TPSA) is 0 Å². The van der Waals surface area contributed by atoms with Gasteiger partial charge in [-0.2, -0.15) is 0 Å². The molecule has 0 aliphatic heterocycles. The quantitative estimate of drug-likeness (QED) is 0.667. The van der Waals surface area contributed by atoms with Gasteiger partial charge in [0.1, 0.15) is 0 Å². The van der Waals surface area contributed by atoms with Crippen LogP contribution in [0.2, 0.25) is 0 Å². The Morgan fingerprint density at radius 2 is 1.86 bits per heavy atom. The summed E-state index contributed by atoms with van der Waals surface area (Å²) in [6.45, 7) is 7.11. The van der Waals surface area contributed by atoms with Gasteiger partial charge in [-0.1, -0.05) is 19.8 Å². The molecule has 2 heteroatoms. The van der Waals surface area contributed by atoms with Crippen molar-refractivity contribution in [1.29, 1.82) is 0 Å². The van der Waals surface area contributed by atoms with E-state index in [9.17, 15) is 0 Å². The summed E-state index contributed by atoms with van der Waals surface area (Å²) in [6.07, 6.45) is 3.89. The third-order valence-corrected chi connectivity index (χ3v) is 0.455. The van der Waals surface area contributed by atoms with Gasteiger partial charge in [0.15, 0.2) is 0 Å². The molecule has 0 amide bonds. The molecule has 0 nitrogen and oxygen atoms in total. The first-order chi connectivity index (χ1) is 2.41. The minimum Gasteiger partial charge on any atom is -0.518 e. The van der Waals surface area contributed by atoms with Crippen LogP contribution in [0.5, 0.6) is 0 Å². The van der Waals surface area contributed by atoms with Crippen molar-refractivity contribution in [3.63, 3.8) is 0 Å². The van der Waals surface area contributed by atoms with E-state index in [1.54, 1.807) is 6.08 Å². The van der Waals surface area contributed by atoms with Gasteiger partial charge >= 0.3 is 0 Å². The first kappa shape index (κ1) is 16.2. The molecule has 7 heavy (non-hydrogen) atoms. The van der Waals surface area contributed by atoms with E-state index in [0.29, 0.717) is 0 Å². The van der Waals surface area contributed by atoms with E-state index >= 15 is 0 Å². The summed E-state index contributed by atoms with van der Waals surface area (Å²) in [6, 6.07) is 0. The molecule has 0 aliphatic rings. The molecular weight excluding hydrogens is 340 g/mol. The molecule has 0 aromatic heterocycles. The van der Waals surface area contributed by atoms with Crippen molar-refractivity contribution in [3.8, 4) is 0 Å². The van der Waals surface area contributed by atoms with Gasteiger partial charge in [-0.15, -0.1) is 0 Å². The van der Waals surface area contributed by atoms with E-state index in [-0.39, 0.29) is 83.5 Å². The average Bonchev–Trinajstić information content (AvgIpc) is 1.41. The molecule has 0 bridgehead atoms. The van der Waals surface area contributed by atoms with Crippen LogP contribution < -0.4 is 0 Å². The van der Waals surface area contributed by atoms with Crippen molar-refractivity contribution in [3.05, 3.63) is 12.7 Å². The first-order valence-corrected chi connectivity index (χ1v) is 1.95. The maximum Gasteiger partial charge on any atom is 0 e. The molecule has 0 aromatic carbocycles. The van der Waals surface area contributed by atoms with Crippen LogP contribution >= 0.6 is 0 Å². The fraction of sp³-hybridized carbons (Fsp3) is 0.600. The van der Waals surface area contributed by atoms with Gasteiger partial charge in [-0.25, -0.2) is 0 Å². The van der Waals surface area contributed by atoms with E-state index in [2.05, 4.69) is 6.92 Å². The second kappa shape index (κ2) is 15.8. The number of allylic oxidation sites excluding steroid dienone is 1. The molecule has 0 atom stereocenters. The summed E-state index contributed by atoms with van der Waals surface area (Å²) in [5, 5.41) is 0. The van der Waals surface area contributed by atoms with Gasteiger partial charge in [0, 0.05) is 83.5 Å². The van der Waals surface area contributed by atoms with Crippen molar-refractivity contribution in [1.82, 2.24) is 0 Å². The number of unbranched alkanes of at least 4 members (excludes halogenated alkanes) is 1. The van der Waals surface area contributed by atoms with E-state index in [0.717, 1.165) is 12.8 Å². The predicted molar refractivity (Wildman–Crippen MR) is 23.8 cm³/mol. The van der Waals surface area contributed by atoms with Crippen LogP contribution in [0.15, 0.2) is 6.08 Å². The van der Waals surface area contributed by atoms with Gasteiger partial charge < -0.3 is 6.58 Å². The van der Waals surface area contributed by atoms with E-state index in [1.165, 1.54) is 0 Å². The zero-order valence-electron chi connectivity index (χ0n) is 4.57. The van der Waals surface area contributed by atoms with Crippen molar-refractivity contribution in [2.24, 2.45) is 0 Å². The first-order valence-electron chi connectivity index (χ1n) is 1.95. The maximum absolute atomic E-state index is 5.01. The van der Waals surface area contributed by atoms with E-state index in [1.807, 2.05) is 0 Å². The zero-order valence-corrected chi connectivity index (χ0v) is 10.8. The van der Waals surface area contributed by atoms with Crippen LogP contribution in [0, 0.1) is 90.1 Å². The van der Waals surface area contributed by atoms with Crippen LogP contribution in [-0.4, -0.2) is 0 Å². The number of hydrogen-bond donors (Lipinski definition) is 0. The van der Waals surface area contributed by atoms with Crippen molar-refractivity contribution in [2.45, 2.75) is 19.8 Å². The monoisotopic (exact) mass is 349 g/mol. The Balaban J connectivity index is -0.0000000800. The summed E-state index contributed by atoms with van der Waals surface area (Å²) >= 11 is 0. The van der Waals surface area contributed by atoms with Crippen molar-refractivity contribution in [2.75, 3.05) is 0 Å². The summed E-state index contributed by atoms with van der Waals surface area (Å²) < 4.78 is 0. The predicted octanol–water partition coefficient (Wildman–Crippen LogP) is 1.78. The summed E-state index contributed by atoms with van der Waals surface area (Å²) in [5.41, 5.74) is 0. The Morgan fingerprint density at radius 3 is 1.86 bits per heavy atom. The Labute approximate surface area is 113 Å². The molecule has 0 N–H and O–H groups in total. The van der Waals surface area contributed by atoms with Crippen LogP contribution in [-0.2, 0) is 0 Å². The van der Waals surface area contributed by atoms with Crippen molar-refractivity contribution >= 4 is 0 Å². The minimum absolute atomic E-state index is 0.